The van der Waals surface area contributed by atoms with Crippen molar-refractivity contribution < 1.29 is 0 Å². The Labute approximate surface area is 327 Å². The molecule has 3 aliphatic rings. The Bertz CT molecular complexity index is 2810. The molecule has 1 aromatic heterocycles. The van der Waals surface area contributed by atoms with E-state index in [0.717, 1.165) is 36.5 Å². The lowest BCUT2D eigenvalue weighted by atomic mass is 9.64. The molecule has 0 bridgehead atoms. The van der Waals surface area contributed by atoms with Crippen LogP contribution in [0, 0.1) is 0 Å². The van der Waals surface area contributed by atoms with Crippen LogP contribution in [0.25, 0.3) is 21.8 Å². The summed E-state index contributed by atoms with van der Waals surface area (Å²) in [5, 5.41) is 6.33. The number of hydrogen-bond acceptors (Lipinski definition) is 3. The Morgan fingerprint density at radius 1 is 0.643 bits per heavy atom. The molecule has 3 heterocycles. The van der Waals surface area contributed by atoms with Gasteiger partial charge in [0.15, 0.2) is 0 Å². The van der Waals surface area contributed by atoms with E-state index in [9.17, 15) is 0 Å². The number of fused-ring (bicyclic) bond motifs is 6. The van der Waals surface area contributed by atoms with Gasteiger partial charge in [0.05, 0.1) is 33.7 Å². The number of nitrogens with zero attached hydrogens (tertiary/aromatic N) is 3. The molecular formula is C52H40N4. The second-order valence-corrected chi connectivity index (χ2v) is 15.1. The standard InChI is InChI=1S/C52H40N4/c1-5-17-37(18-6-1)50-52(39-19-7-2-8-20-39,40-21-9-3-10-22-40)48-45(53-50)34-33-43-42-25-13-15-27-46(42)55(49(43)48)35-36-29-31-38(32-30-36)51-54-44-26-14-16-28-47(44)56(51)41-23-11-4-12-24-41/h1-5,7-17,19-34,51,54H,6,18,35H2. The minimum atomic E-state index is -0.603. The van der Waals surface area contributed by atoms with Crippen LogP contribution in [0.15, 0.2) is 205 Å². The number of para-hydroxylation sites is 4. The van der Waals surface area contributed by atoms with Crippen molar-refractivity contribution in [2.24, 2.45) is 4.99 Å². The van der Waals surface area contributed by atoms with Gasteiger partial charge in [-0.1, -0.05) is 158 Å². The highest BCUT2D eigenvalue weighted by Gasteiger charge is 2.49. The molecule has 8 aromatic rings. The second kappa shape index (κ2) is 13.1. The van der Waals surface area contributed by atoms with Crippen molar-refractivity contribution >= 4 is 50.3 Å². The van der Waals surface area contributed by atoms with E-state index in [4.69, 9.17) is 4.99 Å². The van der Waals surface area contributed by atoms with Crippen LogP contribution in [0.5, 0.6) is 0 Å². The number of benzene rings is 7. The first-order valence-electron chi connectivity index (χ1n) is 19.7. The molecule has 0 fully saturated rings. The van der Waals surface area contributed by atoms with Gasteiger partial charge in [-0.2, -0.15) is 0 Å². The molecule has 1 N–H and O–H groups in total. The fraction of sp³-hybridized carbons (Fsp3) is 0.0962. The van der Waals surface area contributed by atoms with Gasteiger partial charge in [-0.15, -0.1) is 0 Å². The van der Waals surface area contributed by atoms with Gasteiger partial charge in [0.2, 0.25) is 0 Å². The van der Waals surface area contributed by atoms with E-state index in [2.05, 4.69) is 209 Å². The first-order chi connectivity index (χ1) is 27.8. The molecule has 1 atom stereocenters. The van der Waals surface area contributed by atoms with Gasteiger partial charge < -0.3 is 14.8 Å². The third-order valence-electron chi connectivity index (χ3n) is 12.0. The molecule has 7 aromatic carbocycles. The average molecular weight is 721 g/mol. The first kappa shape index (κ1) is 32.5. The number of allylic oxidation sites excluding steroid dienone is 4. The van der Waals surface area contributed by atoms with Gasteiger partial charge >= 0.3 is 0 Å². The van der Waals surface area contributed by atoms with Crippen LogP contribution in [0.1, 0.15) is 46.8 Å². The second-order valence-electron chi connectivity index (χ2n) is 15.1. The molecule has 1 unspecified atom stereocenters. The SMILES string of the molecule is C1=CCCC(C2=Nc3ccc4c5ccccc5n(Cc5ccc(C6Nc7ccccc7N6c6ccccc6)cc5)c4c3C2(c2ccccc2)c2ccccc2)=C1. The normalized spacial score (nSPS) is 16.7. The maximum Gasteiger partial charge on any atom is 0.130 e. The lowest BCUT2D eigenvalue weighted by Crippen LogP contribution is -2.37. The number of aromatic nitrogens is 1. The van der Waals surface area contributed by atoms with Crippen molar-refractivity contribution in [2.45, 2.75) is 31.0 Å². The molecule has 0 saturated carbocycles. The number of aliphatic imine (C=N–C) groups is 1. The Morgan fingerprint density at radius 2 is 1.32 bits per heavy atom. The van der Waals surface area contributed by atoms with Crippen molar-refractivity contribution in [3.05, 3.63) is 228 Å². The highest BCUT2D eigenvalue weighted by Crippen LogP contribution is 2.55. The Kier molecular flexibility index (Phi) is 7.63. The molecule has 4 heteroatoms. The average Bonchev–Trinajstić information content (AvgIpc) is 3.94. The molecule has 0 amide bonds. The van der Waals surface area contributed by atoms with Crippen LogP contribution in [0.2, 0.25) is 0 Å². The largest absolute Gasteiger partial charge is 0.359 e. The maximum atomic E-state index is 5.64. The van der Waals surface area contributed by atoms with E-state index in [1.807, 2.05) is 0 Å². The Hall–Kier alpha value is -6.91. The van der Waals surface area contributed by atoms with E-state index < -0.39 is 5.41 Å². The van der Waals surface area contributed by atoms with Crippen molar-refractivity contribution in [3.8, 4) is 0 Å². The van der Waals surface area contributed by atoms with Crippen molar-refractivity contribution in [3.63, 3.8) is 0 Å². The lowest BCUT2D eigenvalue weighted by molar-refractivity contribution is 0.811. The minimum absolute atomic E-state index is 0.0165. The highest BCUT2D eigenvalue weighted by atomic mass is 15.3. The zero-order valence-corrected chi connectivity index (χ0v) is 31.0. The van der Waals surface area contributed by atoms with E-state index in [-0.39, 0.29) is 6.17 Å². The zero-order valence-electron chi connectivity index (χ0n) is 31.0. The van der Waals surface area contributed by atoms with Gasteiger partial charge in [0.1, 0.15) is 6.17 Å². The molecule has 268 valence electrons. The molecule has 2 aliphatic heterocycles. The number of hydrogen-bond donors (Lipinski definition) is 1. The third-order valence-corrected chi connectivity index (χ3v) is 12.0. The van der Waals surface area contributed by atoms with Crippen molar-refractivity contribution in [1.29, 1.82) is 0 Å². The van der Waals surface area contributed by atoms with Gasteiger partial charge in [-0.05, 0) is 77.1 Å². The molecular weight excluding hydrogens is 681 g/mol. The third kappa shape index (κ3) is 4.95. The number of nitrogens with one attached hydrogen (secondary N) is 1. The highest BCUT2D eigenvalue weighted by molar-refractivity contribution is 6.22. The van der Waals surface area contributed by atoms with Crippen LogP contribution in [0.4, 0.5) is 22.7 Å². The molecule has 1 aliphatic carbocycles. The van der Waals surface area contributed by atoms with Crippen molar-refractivity contribution in [1.82, 2.24) is 4.57 Å². The van der Waals surface area contributed by atoms with E-state index in [1.54, 1.807) is 0 Å². The summed E-state index contributed by atoms with van der Waals surface area (Å²) >= 11 is 0. The van der Waals surface area contributed by atoms with E-state index >= 15 is 0 Å². The summed E-state index contributed by atoms with van der Waals surface area (Å²) in [4.78, 5) is 8.05. The summed E-state index contributed by atoms with van der Waals surface area (Å²) in [6.07, 6.45) is 8.72. The zero-order chi connectivity index (χ0) is 37.1. The summed E-state index contributed by atoms with van der Waals surface area (Å²) in [7, 11) is 0. The summed E-state index contributed by atoms with van der Waals surface area (Å²) in [5.41, 5.74) is 15.1. The number of anilines is 3. The molecule has 11 rings (SSSR count). The quantitative estimate of drug-likeness (QED) is 0.178. The van der Waals surface area contributed by atoms with Gasteiger partial charge in [0.25, 0.3) is 0 Å². The molecule has 56 heavy (non-hydrogen) atoms. The van der Waals surface area contributed by atoms with Crippen LogP contribution in [-0.4, -0.2) is 10.3 Å². The maximum absolute atomic E-state index is 5.64. The summed E-state index contributed by atoms with van der Waals surface area (Å²) in [6.45, 7) is 0.724. The van der Waals surface area contributed by atoms with Crippen LogP contribution >= 0.6 is 0 Å². The fourth-order valence-corrected chi connectivity index (χ4v) is 9.56. The van der Waals surface area contributed by atoms with Gasteiger partial charge in [0, 0.05) is 34.1 Å². The van der Waals surface area contributed by atoms with E-state index in [0.29, 0.717) is 0 Å². The topological polar surface area (TPSA) is 32.6 Å². The summed E-state index contributed by atoms with van der Waals surface area (Å²) < 4.78 is 2.56. The molecule has 0 spiro atoms. The first-order valence-corrected chi connectivity index (χ1v) is 19.7. The predicted octanol–water partition coefficient (Wildman–Crippen LogP) is 12.8. The van der Waals surface area contributed by atoms with Crippen LogP contribution in [-0.2, 0) is 12.0 Å². The fourth-order valence-electron chi connectivity index (χ4n) is 9.56. The number of rotatable bonds is 7. The van der Waals surface area contributed by atoms with Crippen molar-refractivity contribution in [2.75, 3.05) is 10.2 Å². The molecule has 0 saturated heterocycles. The Balaban J connectivity index is 1.09. The van der Waals surface area contributed by atoms with Gasteiger partial charge in [-0.3, -0.25) is 4.99 Å². The van der Waals surface area contributed by atoms with Gasteiger partial charge in [-0.25, -0.2) is 0 Å². The minimum Gasteiger partial charge on any atom is -0.359 e. The van der Waals surface area contributed by atoms with E-state index in [1.165, 1.54) is 66.6 Å². The predicted molar refractivity (Wildman–Crippen MR) is 233 cm³/mol. The monoisotopic (exact) mass is 720 g/mol. The molecule has 4 nitrogen and oxygen atoms in total. The molecule has 0 radical (unpaired) electrons. The lowest BCUT2D eigenvalue weighted by Gasteiger charge is -2.36. The summed E-state index contributed by atoms with van der Waals surface area (Å²) in [6, 6.07) is 64.1. The smallest absolute Gasteiger partial charge is 0.130 e. The van der Waals surface area contributed by atoms with Crippen LogP contribution in [0.3, 0.4) is 0 Å². The summed E-state index contributed by atoms with van der Waals surface area (Å²) in [5.74, 6) is 0. The Morgan fingerprint density at radius 3 is 2.05 bits per heavy atom. The van der Waals surface area contributed by atoms with Crippen LogP contribution < -0.4 is 10.2 Å².